The Labute approximate surface area is 750 Å². The molecule has 28 nitrogen and oxygen atoms in total. The summed E-state index contributed by atoms with van der Waals surface area (Å²) in [6, 6.07) is 33.5. The molecule has 0 aromatic heterocycles. The van der Waals surface area contributed by atoms with Crippen LogP contribution in [0.2, 0.25) is 0 Å². The fourth-order valence-corrected chi connectivity index (χ4v) is 12.0. The van der Waals surface area contributed by atoms with Gasteiger partial charge in [-0.25, -0.2) is 14.4 Å². The number of carbonyl (C=O) groups excluding carboxylic acids is 9. The van der Waals surface area contributed by atoms with E-state index in [0.717, 1.165) is 61.0 Å². The second kappa shape index (κ2) is 70.0. The molecule has 0 spiro atoms. The van der Waals surface area contributed by atoms with Gasteiger partial charge >= 0.3 is 17.9 Å². The van der Waals surface area contributed by atoms with Crippen molar-refractivity contribution in [1.82, 2.24) is 58.5 Å². The predicted molar refractivity (Wildman–Crippen MR) is 496 cm³/mol. The Kier molecular flexibility index (Phi) is 63.7. The number of benzene rings is 4. The minimum atomic E-state index is -1.19. The molecule has 0 fully saturated rings. The maximum atomic E-state index is 13.5. The number of ether oxygens (including phenoxy) is 6. The van der Waals surface area contributed by atoms with Crippen LogP contribution in [0.5, 0.6) is 0 Å². The minimum absolute atomic E-state index is 0.0129. The Balaban J connectivity index is 0.000000850. The lowest BCUT2D eigenvalue weighted by Gasteiger charge is -2.25. The molecular formula is C94H151N11O17S2. The van der Waals surface area contributed by atoms with Crippen LogP contribution < -0.4 is 58.5 Å². The highest BCUT2D eigenvalue weighted by Crippen LogP contribution is 2.14. The van der Waals surface area contributed by atoms with Gasteiger partial charge in [0, 0.05) is 88.8 Å². The number of hydrogen-bond donors (Lipinski definition) is 12. The Morgan fingerprint density at radius 3 is 1.02 bits per heavy atom. The smallest absolute Gasteiger partial charge is 0.328 e. The number of carbonyl (C=O) groups is 10. The topological polar surface area (TPSA) is 379 Å². The monoisotopic (exact) mass is 1770 g/mol. The van der Waals surface area contributed by atoms with Crippen LogP contribution in [0.25, 0.3) is 0 Å². The van der Waals surface area contributed by atoms with Gasteiger partial charge in [-0.05, 0) is 162 Å². The highest BCUT2D eigenvalue weighted by Gasteiger charge is 2.31. The second-order valence-electron chi connectivity index (χ2n) is 33.3. The van der Waals surface area contributed by atoms with Crippen LogP contribution in [0.3, 0.4) is 0 Å². The molecule has 5 unspecified atom stereocenters. The number of hydrogen-bond acceptors (Lipinski definition) is 18. The van der Waals surface area contributed by atoms with Crippen molar-refractivity contribution >= 4 is 93.9 Å². The molecule has 0 aliphatic carbocycles. The van der Waals surface area contributed by atoms with Gasteiger partial charge in [-0.1, -0.05) is 204 Å². The number of rotatable bonds is 58. The van der Waals surface area contributed by atoms with Crippen molar-refractivity contribution in [3.8, 4) is 0 Å². The first-order valence-electron chi connectivity index (χ1n) is 44.2. The van der Waals surface area contributed by atoms with E-state index in [-0.39, 0.29) is 104 Å². The van der Waals surface area contributed by atoms with Crippen LogP contribution >= 0.6 is 24.4 Å². The van der Waals surface area contributed by atoms with Gasteiger partial charge in [0.05, 0.1) is 46.2 Å². The SMILES string of the molecule is CC(C)CC(=O)NC(CCCCNC(=S)NC(C)C)C(=O)OCc1ccccc1.CC(C)CC(=O)NCCCCC(NC(=O)C(Cc1ccccc1)NC(=O)C(Cc1ccccc1)NC(=O)C(C)C)C(=O)O.CC(C)CC(=O)NCCCCC(NC(=S)NC(C)C)C(=O)OCc1ccccc1.CC(C)CCOCCOCCOCCOCCNC(=O)C(C)C. The summed E-state index contributed by atoms with van der Waals surface area (Å²) in [5, 5.41) is 42.8. The molecule has 0 aliphatic rings. The number of aliphatic carboxylic acids is 1. The summed E-state index contributed by atoms with van der Waals surface area (Å²) in [5.74, 6) is -2.28. The van der Waals surface area contributed by atoms with Crippen molar-refractivity contribution in [2.24, 2.45) is 35.5 Å². The average Bonchev–Trinajstić information content (AvgIpc) is 0.851. The zero-order valence-electron chi connectivity index (χ0n) is 76.9. The third-order valence-electron chi connectivity index (χ3n) is 18.0. The van der Waals surface area contributed by atoms with Gasteiger partial charge in [0.15, 0.2) is 10.2 Å². The summed E-state index contributed by atoms with van der Waals surface area (Å²) in [6.45, 7) is 38.9. The molecule has 4 rings (SSSR count). The molecule has 0 radical (unpaired) electrons. The molecule has 0 bridgehead atoms. The van der Waals surface area contributed by atoms with E-state index in [9.17, 15) is 53.1 Å². The van der Waals surface area contributed by atoms with Crippen molar-refractivity contribution in [2.75, 3.05) is 79.0 Å². The molecule has 0 heterocycles. The highest BCUT2D eigenvalue weighted by atomic mass is 32.1. The van der Waals surface area contributed by atoms with E-state index in [1.54, 1.807) is 13.8 Å². The van der Waals surface area contributed by atoms with E-state index in [4.69, 9.17) is 52.9 Å². The molecule has 4 aromatic carbocycles. The zero-order valence-corrected chi connectivity index (χ0v) is 78.5. The van der Waals surface area contributed by atoms with Gasteiger partial charge in [0.25, 0.3) is 0 Å². The molecule has 0 saturated heterocycles. The van der Waals surface area contributed by atoms with Crippen molar-refractivity contribution in [2.45, 2.75) is 263 Å². The van der Waals surface area contributed by atoms with Gasteiger partial charge in [-0.2, -0.15) is 0 Å². The lowest BCUT2D eigenvalue weighted by molar-refractivity contribution is -0.149. The Bertz CT molecular complexity index is 3490. The summed E-state index contributed by atoms with van der Waals surface area (Å²) in [4.78, 5) is 124. The third kappa shape index (κ3) is 62.0. The molecule has 4 aromatic rings. The summed E-state index contributed by atoms with van der Waals surface area (Å²) in [7, 11) is 0. The molecular weight excluding hydrogens is 1620 g/mol. The van der Waals surface area contributed by atoms with Gasteiger partial charge in [-0.15, -0.1) is 0 Å². The van der Waals surface area contributed by atoms with Crippen molar-refractivity contribution < 1.29 is 81.5 Å². The molecule has 0 saturated carbocycles. The predicted octanol–water partition coefficient (Wildman–Crippen LogP) is 11.5. The lowest BCUT2D eigenvalue weighted by Crippen LogP contribution is -2.57. The number of carboxylic acids is 1. The maximum Gasteiger partial charge on any atom is 0.328 e. The maximum absolute atomic E-state index is 13.5. The van der Waals surface area contributed by atoms with Crippen LogP contribution in [-0.2, 0) is 102 Å². The zero-order chi connectivity index (χ0) is 92.4. The summed E-state index contributed by atoms with van der Waals surface area (Å²) < 4.78 is 32.5. The van der Waals surface area contributed by atoms with Crippen LogP contribution in [-0.4, -0.2) is 196 Å². The van der Waals surface area contributed by atoms with E-state index in [0.29, 0.717) is 139 Å². The quantitative estimate of drug-likeness (QED) is 0.0111. The van der Waals surface area contributed by atoms with Crippen molar-refractivity contribution in [3.63, 3.8) is 0 Å². The number of unbranched alkanes of at least 4 members (excludes halogenated alkanes) is 3. The van der Waals surface area contributed by atoms with E-state index < -0.39 is 54.0 Å². The van der Waals surface area contributed by atoms with Crippen LogP contribution in [0.1, 0.15) is 217 Å². The van der Waals surface area contributed by atoms with Crippen molar-refractivity contribution in [1.29, 1.82) is 0 Å². The Morgan fingerprint density at radius 2 is 0.645 bits per heavy atom. The molecule has 696 valence electrons. The number of esters is 2. The molecule has 0 aliphatic heterocycles. The van der Waals surface area contributed by atoms with Gasteiger partial charge in [0.1, 0.15) is 43.4 Å². The second-order valence-corrected chi connectivity index (χ2v) is 34.1. The first-order valence-corrected chi connectivity index (χ1v) is 45.0. The summed E-state index contributed by atoms with van der Waals surface area (Å²) in [5.41, 5.74) is 3.47. The molecule has 7 amide bonds. The lowest BCUT2D eigenvalue weighted by atomic mass is 10.0. The fourth-order valence-electron chi connectivity index (χ4n) is 11.3. The number of amides is 7. The molecule has 124 heavy (non-hydrogen) atoms. The summed E-state index contributed by atoms with van der Waals surface area (Å²) in [6.07, 6.45) is 8.24. The molecule has 5 atom stereocenters. The highest BCUT2D eigenvalue weighted by molar-refractivity contribution is 7.80. The van der Waals surface area contributed by atoms with Gasteiger partial charge in [0.2, 0.25) is 41.4 Å². The summed E-state index contributed by atoms with van der Waals surface area (Å²) >= 11 is 10.5. The normalized spacial score (nSPS) is 12.2. The first kappa shape index (κ1) is 113. The molecule has 30 heteroatoms. The van der Waals surface area contributed by atoms with E-state index >= 15 is 0 Å². The third-order valence-corrected chi connectivity index (χ3v) is 18.5. The average molecular weight is 1770 g/mol. The Morgan fingerprint density at radius 1 is 0.306 bits per heavy atom. The first-order chi connectivity index (χ1) is 59.0. The fraction of sp³-hybridized carbons (Fsp3) is 0.617. The number of carboxylic acid groups (broad SMARTS) is 1. The van der Waals surface area contributed by atoms with Gasteiger partial charge in [-0.3, -0.25) is 33.6 Å². The van der Waals surface area contributed by atoms with Crippen molar-refractivity contribution in [3.05, 3.63) is 144 Å². The van der Waals surface area contributed by atoms with E-state index in [1.807, 2.05) is 204 Å². The minimum Gasteiger partial charge on any atom is -0.480 e. The van der Waals surface area contributed by atoms with Gasteiger partial charge < -0.3 is 92.0 Å². The Hall–Kier alpha value is -9.20. The van der Waals surface area contributed by atoms with E-state index in [2.05, 4.69) is 72.3 Å². The van der Waals surface area contributed by atoms with Crippen LogP contribution in [0.4, 0.5) is 0 Å². The standard InChI is InChI=1S/C33H46N4O6.2C22H35N3O3S.C17H35NO5/c1-22(2)19-29(38)34-18-12-11-17-26(33(42)43)35-31(40)28(21-25-15-9-6-10-16-25)37-32(41)27(36-30(39)23(3)4)20-24-13-7-5-8-14-24;1-16(2)14-20(26)25-19(12-8-9-13-23-22(29)24-17(3)4)21(27)28-15-18-10-6-5-7-11-18;1-16(2)14-20(26)23-13-9-8-12-19(25-22(29)24-17(3)4)21(27)28-15-18-10-6-5-7-11-18;1-15(2)5-7-20-9-11-22-13-14-23-12-10-21-8-6-18-17(19)16(3)4/h5-10,13-16,22-23,26-28H,11-12,17-21H2,1-4H3,(H,34,38)(H,35,40)(H,36,39)(H,37,41)(H,42,43);5-7,10-11,16-17,19H,8-9,12-15H2,1-4H3,(H,25,26)(H2,23,24,29);5-7,10-11,16-17,19H,8-9,12-15H2,1-4H3,(H,23,26)(H2,24,25,29);15-16H,5-14H2,1-4H3,(H,18,19). The van der Waals surface area contributed by atoms with Crippen LogP contribution in [0, 0.1) is 35.5 Å². The van der Waals surface area contributed by atoms with Crippen LogP contribution in [0.15, 0.2) is 121 Å². The number of nitrogens with one attached hydrogen (secondary N) is 11. The number of thiocarbonyl (C=S) groups is 2. The van der Waals surface area contributed by atoms with E-state index in [1.165, 1.54) is 0 Å². The molecule has 12 N–H and O–H groups in total. The largest absolute Gasteiger partial charge is 0.480 e.